The summed E-state index contributed by atoms with van der Waals surface area (Å²) in [7, 11) is 4.20. The molecule has 0 rings (SSSR count). The van der Waals surface area contributed by atoms with Gasteiger partial charge >= 0.3 is 0 Å². The van der Waals surface area contributed by atoms with E-state index in [1.54, 1.807) is 6.92 Å². The Balaban J connectivity index is -0.000000203. The van der Waals surface area contributed by atoms with Crippen LogP contribution in [0.1, 0.15) is 160 Å². The van der Waals surface area contributed by atoms with Crippen LogP contribution in [0.15, 0.2) is 24.9 Å². The summed E-state index contributed by atoms with van der Waals surface area (Å²) in [6.07, 6.45) is 19.3. The van der Waals surface area contributed by atoms with E-state index in [1.165, 1.54) is 57.8 Å². The van der Waals surface area contributed by atoms with Gasteiger partial charge in [-0.25, -0.2) is 0 Å². The summed E-state index contributed by atoms with van der Waals surface area (Å²) in [6, 6.07) is 0.332. The number of unbranched alkanes of at least 4 members (excludes halogenated alkanes) is 4. The molecule has 0 amide bonds. The lowest BCUT2D eigenvalue weighted by atomic mass is 10.2. The van der Waals surface area contributed by atoms with E-state index < -0.39 is 0 Å². The molecular formula is C47H105N5O5. The van der Waals surface area contributed by atoms with Crippen molar-refractivity contribution in [2.24, 2.45) is 0 Å². The van der Waals surface area contributed by atoms with Crippen molar-refractivity contribution in [3.63, 3.8) is 0 Å². The van der Waals surface area contributed by atoms with Gasteiger partial charge in [0.25, 0.3) is 0 Å². The minimum atomic E-state index is -0.238. The molecule has 0 saturated carbocycles. The van der Waals surface area contributed by atoms with Crippen LogP contribution in [0.5, 0.6) is 0 Å². The molecule has 0 aromatic carbocycles. The van der Waals surface area contributed by atoms with Gasteiger partial charge in [0.1, 0.15) is 0 Å². The quantitative estimate of drug-likeness (QED) is 0.0440. The third-order valence-corrected chi connectivity index (χ3v) is 8.81. The van der Waals surface area contributed by atoms with E-state index in [4.69, 9.17) is 10.2 Å². The highest BCUT2D eigenvalue weighted by Gasteiger charge is 2.11. The number of aliphatic hydroxyl groups excluding tert-OH is 5. The fourth-order valence-electron chi connectivity index (χ4n) is 5.35. The van der Waals surface area contributed by atoms with Gasteiger partial charge in [0.05, 0.1) is 31.0 Å². The summed E-state index contributed by atoms with van der Waals surface area (Å²) in [4.78, 5) is 11.4. The van der Waals surface area contributed by atoms with E-state index in [-0.39, 0.29) is 31.0 Å². The summed E-state index contributed by atoms with van der Waals surface area (Å²) < 4.78 is 0. The molecule has 0 aliphatic rings. The molecule has 0 bridgehead atoms. The van der Waals surface area contributed by atoms with Crippen LogP contribution in [0.25, 0.3) is 0 Å². The second kappa shape index (κ2) is 51.1. The number of aliphatic hydroxyl groups is 5. The second-order valence-electron chi connectivity index (χ2n) is 16.1. The molecule has 348 valence electrons. The van der Waals surface area contributed by atoms with Gasteiger partial charge in [-0.15, -0.1) is 6.58 Å². The minimum absolute atomic E-state index is 0.116. The number of hydrogen-bond acceptors (Lipinski definition) is 10. The Labute approximate surface area is 357 Å². The van der Waals surface area contributed by atoms with Crippen molar-refractivity contribution in [1.29, 1.82) is 0 Å². The molecule has 5 unspecified atom stereocenters. The molecular weight excluding hydrogens is 715 g/mol. The van der Waals surface area contributed by atoms with Crippen molar-refractivity contribution in [3.8, 4) is 0 Å². The zero-order chi connectivity index (χ0) is 44.9. The van der Waals surface area contributed by atoms with Gasteiger partial charge in [-0.3, -0.25) is 9.80 Å². The van der Waals surface area contributed by atoms with Gasteiger partial charge in [-0.1, -0.05) is 86.3 Å². The summed E-state index contributed by atoms with van der Waals surface area (Å²) in [6.45, 7) is 39.3. The molecule has 0 radical (unpaired) electrons. The highest BCUT2D eigenvalue weighted by Crippen LogP contribution is 2.04. The Hall–Kier alpha value is -1.08. The first-order valence-electron chi connectivity index (χ1n) is 23.2. The van der Waals surface area contributed by atoms with E-state index >= 15 is 0 Å². The average Bonchev–Trinajstić information content (AvgIpc) is 3.15. The molecule has 10 heteroatoms. The van der Waals surface area contributed by atoms with E-state index in [0.717, 1.165) is 91.3 Å². The van der Waals surface area contributed by atoms with Crippen LogP contribution in [0.3, 0.4) is 0 Å². The lowest BCUT2D eigenvalue weighted by Crippen LogP contribution is -2.37. The molecule has 5 N–H and O–H groups in total. The number of hydrogen-bond donors (Lipinski definition) is 5. The third-order valence-electron chi connectivity index (χ3n) is 8.81. The molecule has 57 heavy (non-hydrogen) atoms. The Morgan fingerprint density at radius 3 is 1.30 bits per heavy atom. The molecule has 0 aliphatic heterocycles. The molecule has 5 atom stereocenters. The largest absolute Gasteiger partial charge is 0.395 e. The Morgan fingerprint density at radius 1 is 0.526 bits per heavy atom. The fraction of sp³-hybridized carbons (Fsp3) is 0.915. The number of rotatable bonds is 31. The molecule has 0 saturated heterocycles. The lowest BCUT2D eigenvalue weighted by molar-refractivity contribution is 0.123. The van der Waals surface area contributed by atoms with E-state index in [2.05, 4.69) is 106 Å². The summed E-state index contributed by atoms with van der Waals surface area (Å²) in [5.74, 6) is 0. The monoisotopic (exact) mass is 820 g/mol. The van der Waals surface area contributed by atoms with Gasteiger partial charge in [-0.2, -0.15) is 0 Å². The second-order valence-corrected chi connectivity index (χ2v) is 16.1. The fourth-order valence-corrected chi connectivity index (χ4v) is 5.35. The SMILES string of the molecule is C=CCN(CCCC)CC(C)O.CC/C=C/N(CCC)CC(C)O.CCC(C)O.CCCCN(CCCC)C(C)CO.CCCCN(CCCN(C)C)CC(C)O. The van der Waals surface area contributed by atoms with E-state index in [1.807, 2.05) is 33.8 Å². The first-order chi connectivity index (χ1) is 27.0. The minimum Gasteiger partial charge on any atom is -0.395 e. The Kier molecular flexibility index (Phi) is 58.3. The van der Waals surface area contributed by atoms with Crippen molar-refractivity contribution in [2.75, 3.05) is 92.7 Å². The molecule has 10 nitrogen and oxygen atoms in total. The van der Waals surface area contributed by atoms with Crippen LogP contribution in [0.4, 0.5) is 0 Å². The van der Waals surface area contributed by atoms with Crippen molar-refractivity contribution >= 4 is 0 Å². The van der Waals surface area contributed by atoms with Crippen LogP contribution >= 0.6 is 0 Å². The lowest BCUT2D eigenvalue weighted by Gasteiger charge is -2.27. The summed E-state index contributed by atoms with van der Waals surface area (Å²) >= 11 is 0. The van der Waals surface area contributed by atoms with Crippen LogP contribution in [-0.2, 0) is 0 Å². The highest BCUT2D eigenvalue weighted by atomic mass is 16.3. The van der Waals surface area contributed by atoms with Crippen LogP contribution in [0, 0.1) is 0 Å². The van der Waals surface area contributed by atoms with Crippen molar-refractivity contribution < 1.29 is 25.5 Å². The highest BCUT2D eigenvalue weighted by molar-refractivity contribution is 4.82. The number of nitrogens with zero attached hydrogens (tertiary/aromatic N) is 5. The smallest absolute Gasteiger partial charge is 0.0686 e. The van der Waals surface area contributed by atoms with Gasteiger partial charge in [0.2, 0.25) is 0 Å². The van der Waals surface area contributed by atoms with Gasteiger partial charge in [-0.05, 0) is 146 Å². The van der Waals surface area contributed by atoms with Crippen molar-refractivity contribution in [3.05, 3.63) is 24.9 Å². The van der Waals surface area contributed by atoms with Gasteiger partial charge < -0.3 is 40.2 Å². The van der Waals surface area contributed by atoms with Crippen molar-refractivity contribution in [1.82, 2.24) is 24.5 Å². The van der Waals surface area contributed by atoms with Crippen LogP contribution in [0.2, 0.25) is 0 Å². The van der Waals surface area contributed by atoms with Crippen molar-refractivity contribution in [2.45, 2.75) is 191 Å². The zero-order valence-corrected chi connectivity index (χ0v) is 40.8. The molecule has 0 spiro atoms. The topological polar surface area (TPSA) is 117 Å². The molecule has 0 aromatic heterocycles. The summed E-state index contributed by atoms with van der Waals surface area (Å²) in [5, 5.41) is 45.1. The average molecular weight is 820 g/mol. The summed E-state index contributed by atoms with van der Waals surface area (Å²) in [5.41, 5.74) is 0. The Morgan fingerprint density at radius 2 is 0.947 bits per heavy atom. The normalized spacial score (nSPS) is 13.7. The van der Waals surface area contributed by atoms with Gasteiger partial charge in [0.15, 0.2) is 0 Å². The molecule has 0 aromatic rings. The maximum absolute atomic E-state index is 9.38. The molecule has 0 heterocycles. The predicted molar refractivity (Wildman–Crippen MR) is 252 cm³/mol. The van der Waals surface area contributed by atoms with E-state index in [0.29, 0.717) is 6.04 Å². The maximum atomic E-state index is 9.38. The first kappa shape index (κ1) is 65.1. The zero-order valence-electron chi connectivity index (χ0n) is 40.8. The van der Waals surface area contributed by atoms with Crippen LogP contribution < -0.4 is 0 Å². The predicted octanol–water partition coefficient (Wildman–Crippen LogP) is 8.13. The number of allylic oxidation sites excluding steroid dienone is 1. The molecule has 0 aliphatic carbocycles. The Bertz CT molecular complexity index is 763. The van der Waals surface area contributed by atoms with E-state index in [9.17, 15) is 15.3 Å². The molecule has 0 fully saturated rings. The standard InChI is InChI=1S/C12H28N2O.C11H25NO.2C10H21NO.C4H10O/c1-5-6-9-14(11-12(2)15)10-7-8-13(3)4;1-4-6-8-12(9-7-5-2)11(3)10-13;2*1-4-6-8-11(7-5-2)9-10(3)12;1-3-4(2)5/h12,15H,5-11H2,1-4H3;11,13H,4-10H2,1-3H3;6,8,10,12H,4-5,7,9H2,1-3H3;5,10,12H,2,4,6-9H2,1,3H3;4-5H,3H2,1-2H3/b;;8-6+;;. The van der Waals surface area contributed by atoms with Crippen LogP contribution in [-0.4, -0.2) is 173 Å². The third kappa shape index (κ3) is 59.3. The maximum Gasteiger partial charge on any atom is 0.0686 e. The van der Waals surface area contributed by atoms with Gasteiger partial charge in [0, 0.05) is 38.8 Å². The first-order valence-corrected chi connectivity index (χ1v) is 23.2.